The number of hydrogen-bond donors (Lipinski definition) is 2. The maximum Gasteiger partial charge on any atom is 0.335 e. The van der Waals surface area contributed by atoms with Crippen molar-refractivity contribution in [1.29, 1.82) is 0 Å². The fourth-order valence-corrected chi connectivity index (χ4v) is 3.29. The molecule has 0 aromatic heterocycles. The number of rotatable bonds is 10. The molecule has 0 aliphatic carbocycles. The summed E-state index contributed by atoms with van der Waals surface area (Å²) >= 11 is 0. The normalized spacial score (nSPS) is 14.7. The molecule has 1 saturated heterocycles. The van der Waals surface area contributed by atoms with E-state index in [2.05, 4.69) is 5.32 Å². The molecule has 0 radical (unpaired) electrons. The quantitative estimate of drug-likeness (QED) is 0.597. The maximum absolute atomic E-state index is 12.4. The topological polar surface area (TPSA) is 95.9 Å². The highest BCUT2D eigenvalue weighted by atomic mass is 16.5. The SMILES string of the molecule is CCOCCCNC(=O)C1CCN(C(=O)CCc2ccc(C(=O)O)cc2)CC1. The number of carbonyl (C=O) groups excluding carboxylic acids is 2. The van der Waals surface area contributed by atoms with Crippen LogP contribution in [0.15, 0.2) is 24.3 Å². The van der Waals surface area contributed by atoms with Gasteiger partial charge in [-0.05, 0) is 50.3 Å². The molecular weight excluding hydrogens is 360 g/mol. The number of aryl methyl sites for hydroxylation is 1. The van der Waals surface area contributed by atoms with Crippen molar-refractivity contribution >= 4 is 17.8 Å². The van der Waals surface area contributed by atoms with Crippen LogP contribution in [0.4, 0.5) is 0 Å². The fraction of sp³-hybridized carbons (Fsp3) is 0.571. The molecule has 1 aliphatic heterocycles. The number of nitrogens with zero attached hydrogens (tertiary/aromatic N) is 1. The molecule has 28 heavy (non-hydrogen) atoms. The first kappa shape index (κ1) is 21.9. The summed E-state index contributed by atoms with van der Waals surface area (Å²) < 4.78 is 5.25. The highest BCUT2D eigenvalue weighted by molar-refractivity contribution is 5.87. The number of piperidine rings is 1. The van der Waals surface area contributed by atoms with E-state index in [1.807, 2.05) is 11.8 Å². The maximum atomic E-state index is 12.4. The molecule has 1 aromatic rings. The second-order valence-electron chi connectivity index (χ2n) is 7.00. The Morgan fingerprint density at radius 2 is 1.86 bits per heavy atom. The highest BCUT2D eigenvalue weighted by Crippen LogP contribution is 2.18. The van der Waals surface area contributed by atoms with E-state index < -0.39 is 5.97 Å². The predicted molar refractivity (Wildman–Crippen MR) is 105 cm³/mol. The molecule has 7 nitrogen and oxygen atoms in total. The number of ether oxygens (including phenoxy) is 1. The number of carbonyl (C=O) groups is 3. The van der Waals surface area contributed by atoms with E-state index >= 15 is 0 Å². The van der Waals surface area contributed by atoms with Crippen LogP contribution >= 0.6 is 0 Å². The fourth-order valence-electron chi connectivity index (χ4n) is 3.29. The molecule has 7 heteroatoms. The Kier molecular flexibility index (Phi) is 8.94. The van der Waals surface area contributed by atoms with Crippen molar-refractivity contribution in [3.63, 3.8) is 0 Å². The van der Waals surface area contributed by atoms with E-state index in [0.717, 1.165) is 12.0 Å². The second kappa shape index (κ2) is 11.4. The monoisotopic (exact) mass is 390 g/mol. The molecular formula is C21H30N2O5. The largest absolute Gasteiger partial charge is 0.478 e. The molecule has 0 spiro atoms. The third-order valence-electron chi connectivity index (χ3n) is 5.02. The Morgan fingerprint density at radius 1 is 1.18 bits per heavy atom. The average molecular weight is 390 g/mol. The van der Waals surface area contributed by atoms with Crippen molar-refractivity contribution in [3.8, 4) is 0 Å². The molecule has 1 heterocycles. The zero-order chi connectivity index (χ0) is 20.4. The molecule has 1 aliphatic rings. The van der Waals surface area contributed by atoms with Crippen molar-refractivity contribution in [2.24, 2.45) is 5.92 Å². The first-order valence-electron chi connectivity index (χ1n) is 9.96. The van der Waals surface area contributed by atoms with Crippen LogP contribution in [-0.4, -0.2) is 60.6 Å². The lowest BCUT2D eigenvalue weighted by Gasteiger charge is -2.31. The van der Waals surface area contributed by atoms with E-state index in [1.54, 1.807) is 24.3 Å². The standard InChI is InChI=1S/C21H30N2O5/c1-2-28-15-3-12-22-20(25)17-10-13-23(14-11-17)19(24)9-6-16-4-7-18(8-5-16)21(26)27/h4-5,7-8,17H,2-3,6,9-15H2,1H3,(H,22,25)(H,26,27). The van der Waals surface area contributed by atoms with Gasteiger partial charge in [-0.15, -0.1) is 0 Å². The van der Waals surface area contributed by atoms with Crippen molar-refractivity contribution < 1.29 is 24.2 Å². The van der Waals surface area contributed by atoms with Crippen LogP contribution in [0.2, 0.25) is 0 Å². The summed E-state index contributed by atoms with van der Waals surface area (Å²) in [5.41, 5.74) is 1.19. The summed E-state index contributed by atoms with van der Waals surface area (Å²) in [6.07, 6.45) is 3.16. The summed E-state index contributed by atoms with van der Waals surface area (Å²) in [6, 6.07) is 6.61. The van der Waals surface area contributed by atoms with Crippen molar-refractivity contribution in [1.82, 2.24) is 10.2 Å². The number of likely N-dealkylation sites (tertiary alicyclic amines) is 1. The lowest BCUT2D eigenvalue weighted by Crippen LogP contribution is -2.43. The molecule has 1 aromatic carbocycles. The average Bonchev–Trinajstić information content (AvgIpc) is 2.72. The van der Waals surface area contributed by atoms with E-state index in [1.165, 1.54) is 0 Å². The molecule has 1 fully saturated rings. The van der Waals surface area contributed by atoms with Crippen LogP contribution in [0.1, 0.15) is 48.5 Å². The van der Waals surface area contributed by atoms with E-state index in [9.17, 15) is 14.4 Å². The number of benzene rings is 1. The van der Waals surface area contributed by atoms with Gasteiger partial charge < -0.3 is 20.1 Å². The van der Waals surface area contributed by atoms with Gasteiger partial charge >= 0.3 is 5.97 Å². The van der Waals surface area contributed by atoms with Crippen molar-refractivity contribution in [3.05, 3.63) is 35.4 Å². The minimum Gasteiger partial charge on any atom is -0.478 e. The number of carboxylic acid groups (broad SMARTS) is 1. The minimum atomic E-state index is -0.955. The molecule has 154 valence electrons. The summed E-state index contributed by atoms with van der Waals surface area (Å²) in [5.74, 6) is -0.830. The lowest BCUT2D eigenvalue weighted by molar-refractivity contribution is -0.135. The smallest absolute Gasteiger partial charge is 0.335 e. The van der Waals surface area contributed by atoms with Gasteiger partial charge in [0.05, 0.1) is 5.56 Å². The van der Waals surface area contributed by atoms with Crippen molar-refractivity contribution in [2.45, 2.75) is 39.0 Å². The van der Waals surface area contributed by atoms with E-state index in [0.29, 0.717) is 58.5 Å². The second-order valence-corrected chi connectivity index (χ2v) is 7.00. The van der Waals surface area contributed by atoms with Crippen LogP contribution in [0.5, 0.6) is 0 Å². The molecule has 0 atom stereocenters. The van der Waals surface area contributed by atoms with Crippen LogP contribution < -0.4 is 5.32 Å². The van der Waals surface area contributed by atoms with E-state index in [-0.39, 0.29) is 23.3 Å². The summed E-state index contributed by atoms with van der Waals surface area (Å²) in [7, 11) is 0. The first-order chi connectivity index (χ1) is 13.5. The number of nitrogens with one attached hydrogen (secondary N) is 1. The first-order valence-corrected chi connectivity index (χ1v) is 9.96. The molecule has 2 rings (SSSR count). The molecule has 0 bridgehead atoms. The van der Waals surface area contributed by atoms with Crippen molar-refractivity contribution in [2.75, 3.05) is 32.8 Å². The Labute approximate surface area is 166 Å². The molecule has 2 amide bonds. The zero-order valence-electron chi connectivity index (χ0n) is 16.5. The third kappa shape index (κ3) is 6.96. The van der Waals surface area contributed by atoms with Gasteiger partial charge in [-0.1, -0.05) is 12.1 Å². The van der Waals surface area contributed by atoms with Gasteiger partial charge in [0.25, 0.3) is 0 Å². The zero-order valence-corrected chi connectivity index (χ0v) is 16.5. The molecule has 2 N–H and O–H groups in total. The summed E-state index contributed by atoms with van der Waals surface area (Å²) in [5, 5.41) is 11.9. The molecule has 0 unspecified atom stereocenters. The number of carboxylic acids is 1. The van der Waals surface area contributed by atoms with Gasteiger partial charge in [-0.2, -0.15) is 0 Å². The Morgan fingerprint density at radius 3 is 2.46 bits per heavy atom. The summed E-state index contributed by atoms with van der Waals surface area (Å²) in [6.45, 7) is 5.12. The predicted octanol–water partition coefficient (Wildman–Crippen LogP) is 2.10. The highest BCUT2D eigenvalue weighted by Gasteiger charge is 2.26. The minimum absolute atomic E-state index is 0.0280. The Bertz CT molecular complexity index is 651. The van der Waals surface area contributed by atoms with Gasteiger partial charge in [0.1, 0.15) is 0 Å². The number of aromatic carboxylic acids is 1. The van der Waals surface area contributed by atoms with Gasteiger partial charge in [0.15, 0.2) is 0 Å². The van der Waals surface area contributed by atoms with Crippen LogP contribution in [-0.2, 0) is 20.7 Å². The van der Waals surface area contributed by atoms with Gasteiger partial charge in [-0.3, -0.25) is 9.59 Å². The number of amides is 2. The van der Waals surface area contributed by atoms with Gasteiger partial charge in [0, 0.05) is 45.2 Å². The number of hydrogen-bond acceptors (Lipinski definition) is 4. The Balaban J connectivity index is 1.67. The third-order valence-corrected chi connectivity index (χ3v) is 5.02. The summed E-state index contributed by atoms with van der Waals surface area (Å²) in [4.78, 5) is 37.3. The lowest BCUT2D eigenvalue weighted by atomic mass is 9.95. The van der Waals surface area contributed by atoms with Crippen LogP contribution in [0.3, 0.4) is 0 Å². The van der Waals surface area contributed by atoms with Crippen LogP contribution in [0, 0.1) is 5.92 Å². The Hall–Kier alpha value is -2.41. The van der Waals surface area contributed by atoms with Crippen LogP contribution in [0.25, 0.3) is 0 Å². The molecule has 0 saturated carbocycles. The van der Waals surface area contributed by atoms with Gasteiger partial charge in [0.2, 0.25) is 11.8 Å². The van der Waals surface area contributed by atoms with E-state index in [4.69, 9.17) is 9.84 Å². The van der Waals surface area contributed by atoms with Gasteiger partial charge in [-0.25, -0.2) is 4.79 Å².